The Morgan fingerprint density at radius 2 is 1.77 bits per heavy atom. The third kappa shape index (κ3) is 1.42. The zero-order valence-electron chi connectivity index (χ0n) is 7.66. The second-order valence-electron chi connectivity index (χ2n) is 3.83. The summed E-state index contributed by atoms with van der Waals surface area (Å²) in [6, 6.07) is 7.62. The van der Waals surface area contributed by atoms with Gasteiger partial charge in [-0.25, -0.2) is 0 Å². The molecule has 0 radical (unpaired) electrons. The van der Waals surface area contributed by atoms with E-state index in [1.807, 2.05) is 24.3 Å². The molecule has 1 aliphatic carbocycles. The topological polar surface area (TPSA) is 46.2 Å². The van der Waals surface area contributed by atoms with Gasteiger partial charge in [0.2, 0.25) is 0 Å². The number of hydrogen-bond acceptors (Lipinski definition) is 2. The third-order valence-electron chi connectivity index (χ3n) is 2.89. The molecule has 0 unspecified atom stereocenters. The maximum Gasteiger partial charge on any atom is 0.0916 e. The zero-order valence-corrected chi connectivity index (χ0v) is 7.66. The van der Waals surface area contributed by atoms with Gasteiger partial charge in [0, 0.05) is 11.3 Å². The minimum absolute atomic E-state index is 0.647. The van der Waals surface area contributed by atoms with Crippen LogP contribution in [0.15, 0.2) is 24.3 Å². The lowest BCUT2D eigenvalue weighted by atomic mass is 9.91. The van der Waals surface area contributed by atoms with E-state index in [4.69, 9.17) is 5.73 Å². The Labute approximate surface area is 78.4 Å². The van der Waals surface area contributed by atoms with Crippen molar-refractivity contribution in [1.82, 2.24) is 0 Å². The summed E-state index contributed by atoms with van der Waals surface area (Å²) in [4.78, 5) is 0. The molecular formula is C11H15NO. The number of nitrogen functional groups attached to an aromatic ring is 1. The third-order valence-corrected chi connectivity index (χ3v) is 2.89. The van der Waals surface area contributed by atoms with Crippen molar-refractivity contribution in [3.8, 4) is 0 Å². The van der Waals surface area contributed by atoms with Gasteiger partial charge in [0.1, 0.15) is 0 Å². The Hall–Kier alpha value is -1.02. The van der Waals surface area contributed by atoms with Crippen LogP contribution in [0.5, 0.6) is 0 Å². The average Bonchev–Trinajstić information content (AvgIpc) is 2.54. The van der Waals surface area contributed by atoms with Crippen molar-refractivity contribution in [3.63, 3.8) is 0 Å². The van der Waals surface area contributed by atoms with Crippen molar-refractivity contribution in [3.05, 3.63) is 29.8 Å². The van der Waals surface area contributed by atoms with Crippen molar-refractivity contribution < 1.29 is 5.11 Å². The second kappa shape index (κ2) is 3.04. The molecule has 1 aliphatic rings. The van der Waals surface area contributed by atoms with E-state index in [0.29, 0.717) is 5.69 Å². The summed E-state index contributed by atoms with van der Waals surface area (Å²) in [5, 5.41) is 10.3. The summed E-state index contributed by atoms with van der Waals surface area (Å²) in [5.74, 6) is 0. The highest BCUT2D eigenvalue weighted by atomic mass is 16.3. The molecule has 2 nitrogen and oxygen atoms in total. The van der Waals surface area contributed by atoms with Crippen LogP contribution in [-0.4, -0.2) is 5.11 Å². The lowest BCUT2D eigenvalue weighted by molar-refractivity contribution is 0.0452. The van der Waals surface area contributed by atoms with E-state index in [2.05, 4.69) is 0 Å². The Balaban J connectivity index is 2.39. The number of anilines is 1. The van der Waals surface area contributed by atoms with Crippen molar-refractivity contribution in [2.24, 2.45) is 0 Å². The number of aliphatic hydroxyl groups is 1. The zero-order chi connectivity index (χ0) is 9.31. The van der Waals surface area contributed by atoms with E-state index >= 15 is 0 Å². The number of hydrogen-bond donors (Lipinski definition) is 2. The smallest absolute Gasteiger partial charge is 0.0916 e. The molecule has 70 valence electrons. The first-order valence-electron chi connectivity index (χ1n) is 4.80. The Morgan fingerprint density at radius 1 is 1.15 bits per heavy atom. The van der Waals surface area contributed by atoms with Gasteiger partial charge in [-0.05, 0) is 18.9 Å². The molecule has 0 bridgehead atoms. The first kappa shape index (κ1) is 8.57. The van der Waals surface area contributed by atoms with Crippen LogP contribution in [-0.2, 0) is 5.60 Å². The molecule has 2 rings (SSSR count). The number of rotatable bonds is 1. The van der Waals surface area contributed by atoms with E-state index in [0.717, 1.165) is 31.2 Å². The predicted octanol–water partition coefficient (Wildman–Crippen LogP) is 2.03. The SMILES string of the molecule is Nc1ccccc1C1(O)CCCC1. The summed E-state index contributed by atoms with van der Waals surface area (Å²) in [7, 11) is 0. The van der Waals surface area contributed by atoms with Crippen LogP contribution in [0, 0.1) is 0 Å². The van der Waals surface area contributed by atoms with E-state index in [9.17, 15) is 5.11 Å². The van der Waals surface area contributed by atoms with E-state index in [-0.39, 0.29) is 0 Å². The standard InChI is InChI=1S/C11H15NO/c12-10-6-2-1-5-9(10)11(13)7-3-4-8-11/h1-2,5-6,13H,3-4,7-8,12H2. The minimum atomic E-state index is -0.647. The summed E-state index contributed by atoms with van der Waals surface area (Å²) < 4.78 is 0. The molecule has 1 fully saturated rings. The van der Waals surface area contributed by atoms with Crippen LogP contribution >= 0.6 is 0 Å². The van der Waals surface area contributed by atoms with Gasteiger partial charge in [-0.15, -0.1) is 0 Å². The summed E-state index contributed by atoms with van der Waals surface area (Å²) in [6.07, 6.45) is 3.90. The van der Waals surface area contributed by atoms with Gasteiger partial charge in [0.25, 0.3) is 0 Å². The molecule has 0 amide bonds. The van der Waals surface area contributed by atoms with Gasteiger partial charge in [0.15, 0.2) is 0 Å². The van der Waals surface area contributed by atoms with Crippen LogP contribution in [0.3, 0.4) is 0 Å². The van der Waals surface area contributed by atoms with Gasteiger partial charge in [-0.2, -0.15) is 0 Å². The van der Waals surface area contributed by atoms with Crippen LogP contribution in [0.25, 0.3) is 0 Å². The maximum absolute atomic E-state index is 10.3. The maximum atomic E-state index is 10.3. The van der Waals surface area contributed by atoms with Gasteiger partial charge in [-0.1, -0.05) is 31.0 Å². The fourth-order valence-corrected chi connectivity index (χ4v) is 2.15. The average molecular weight is 177 g/mol. The van der Waals surface area contributed by atoms with Crippen LogP contribution in [0.2, 0.25) is 0 Å². The molecule has 13 heavy (non-hydrogen) atoms. The monoisotopic (exact) mass is 177 g/mol. The molecule has 0 atom stereocenters. The quantitative estimate of drug-likeness (QED) is 0.645. The number of benzene rings is 1. The molecule has 0 aromatic heterocycles. The Morgan fingerprint density at radius 3 is 2.38 bits per heavy atom. The molecular weight excluding hydrogens is 162 g/mol. The second-order valence-corrected chi connectivity index (χ2v) is 3.83. The van der Waals surface area contributed by atoms with E-state index < -0.39 is 5.60 Å². The van der Waals surface area contributed by atoms with Crippen molar-refractivity contribution in [2.75, 3.05) is 5.73 Å². The van der Waals surface area contributed by atoms with Crippen molar-refractivity contribution in [2.45, 2.75) is 31.3 Å². The highest BCUT2D eigenvalue weighted by molar-refractivity contribution is 5.49. The molecule has 1 saturated carbocycles. The van der Waals surface area contributed by atoms with Crippen LogP contribution in [0.4, 0.5) is 5.69 Å². The molecule has 3 N–H and O–H groups in total. The molecule has 0 spiro atoms. The summed E-state index contributed by atoms with van der Waals surface area (Å²) in [5.41, 5.74) is 6.80. The normalized spacial score (nSPS) is 20.4. The highest BCUT2D eigenvalue weighted by Crippen LogP contribution is 2.40. The van der Waals surface area contributed by atoms with Crippen molar-refractivity contribution in [1.29, 1.82) is 0 Å². The molecule has 0 aliphatic heterocycles. The van der Waals surface area contributed by atoms with Gasteiger partial charge < -0.3 is 10.8 Å². The van der Waals surface area contributed by atoms with Crippen LogP contribution in [0.1, 0.15) is 31.2 Å². The predicted molar refractivity (Wildman–Crippen MR) is 53.2 cm³/mol. The molecule has 0 heterocycles. The van der Waals surface area contributed by atoms with Gasteiger partial charge >= 0.3 is 0 Å². The summed E-state index contributed by atoms with van der Waals surface area (Å²) >= 11 is 0. The molecule has 1 aromatic carbocycles. The van der Waals surface area contributed by atoms with E-state index in [1.54, 1.807) is 0 Å². The number of nitrogens with two attached hydrogens (primary N) is 1. The highest BCUT2D eigenvalue weighted by Gasteiger charge is 2.34. The fraction of sp³-hybridized carbons (Fsp3) is 0.455. The largest absolute Gasteiger partial charge is 0.398 e. The Bertz CT molecular complexity index is 303. The fourth-order valence-electron chi connectivity index (χ4n) is 2.15. The Kier molecular flexibility index (Phi) is 2.00. The lowest BCUT2D eigenvalue weighted by Crippen LogP contribution is -2.22. The lowest BCUT2D eigenvalue weighted by Gasteiger charge is -2.24. The van der Waals surface area contributed by atoms with Gasteiger partial charge in [-0.3, -0.25) is 0 Å². The summed E-state index contributed by atoms with van der Waals surface area (Å²) in [6.45, 7) is 0. The number of para-hydroxylation sites is 1. The molecule has 2 heteroatoms. The minimum Gasteiger partial charge on any atom is -0.398 e. The molecule has 0 saturated heterocycles. The van der Waals surface area contributed by atoms with E-state index in [1.165, 1.54) is 0 Å². The van der Waals surface area contributed by atoms with Gasteiger partial charge in [0.05, 0.1) is 5.60 Å². The first-order valence-corrected chi connectivity index (χ1v) is 4.80. The molecule has 1 aromatic rings. The van der Waals surface area contributed by atoms with Crippen LogP contribution < -0.4 is 5.73 Å². The first-order chi connectivity index (χ1) is 6.22. The van der Waals surface area contributed by atoms with Crippen molar-refractivity contribution >= 4 is 5.69 Å².